The zero-order valence-corrected chi connectivity index (χ0v) is 26.7. The molecule has 1 aromatic heterocycles. The predicted octanol–water partition coefficient (Wildman–Crippen LogP) is 3.23. The van der Waals surface area contributed by atoms with Crippen LogP contribution in [0.3, 0.4) is 0 Å². The molecule has 3 atom stereocenters. The molecule has 10 nitrogen and oxygen atoms in total. The number of aromatic nitrogens is 2. The van der Waals surface area contributed by atoms with E-state index in [9.17, 15) is 4.79 Å². The summed E-state index contributed by atoms with van der Waals surface area (Å²) in [6.07, 6.45) is 9.30. The molecule has 4 N–H and O–H groups in total. The Morgan fingerprint density at radius 1 is 1.12 bits per heavy atom. The fourth-order valence-corrected chi connectivity index (χ4v) is 6.85. The standard InChI is InChI=1S/C33H53N7O3/c1-23-15-24(2)36-22-43-21-28(23)18-35-33(41)31-16-26(17-32(25(31)3)38(4)30-7-5-29(34)6-8-30)27-19-37-40(20-27)10-9-39-11-13-42-14-12-39/h16-17,19-20,23-24,28-30,36H,5-15,18,21-22,34H2,1-4H3,(H,35,41)/t23?,24?,28?,29-,30+. The summed E-state index contributed by atoms with van der Waals surface area (Å²) in [6.45, 7) is 13.6. The Morgan fingerprint density at radius 3 is 2.65 bits per heavy atom. The lowest BCUT2D eigenvalue weighted by Crippen LogP contribution is -2.41. The van der Waals surface area contributed by atoms with E-state index >= 15 is 0 Å². The molecule has 0 spiro atoms. The second-order valence-electron chi connectivity index (χ2n) is 13.1. The summed E-state index contributed by atoms with van der Waals surface area (Å²) in [7, 11) is 2.17. The first kappa shape index (κ1) is 31.9. The van der Waals surface area contributed by atoms with Crippen LogP contribution in [0.25, 0.3) is 11.1 Å². The van der Waals surface area contributed by atoms with Gasteiger partial charge in [0.2, 0.25) is 0 Å². The third-order valence-electron chi connectivity index (χ3n) is 9.93. The highest BCUT2D eigenvalue weighted by molar-refractivity contribution is 5.98. The van der Waals surface area contributed by atoms with Crippen molar-refractivity contribution in [3.63, 3.8) is 0 Å². The van der Waals surface area contributed by atoms with Crippen molar-refractivity contribution in [2.75, 3.05) is 64.7 Å². The van der Waals surface area contributed by atoms with E-state index in [2.05, 4.69) is 65.6 Å². The van der Waals surface area contributed by atoms with Gasteiger partial charge in [-0.25, -0.2) is 0 Å². The zero-order valence-electron chi connectivity index (χ0n) is 26.7. The molecule has 1 aromatic carbocycles. The minimum Gasteiger partial charge on any atom is -0.379 e. The number of anilines is 1. The smallest absolute Gasteiger partial charge is 0.251 e. The van der Waals surface area contributed by atoms with Crippen molar-refractivity contribution < 1.29 is 14.3 Å². The highest BCUT2D eigenvalue weighted by Gasteiger charge is 2.27. The number of rotatable bonds is 9. The molecule has 43 heavy (non-hydrogen) atoms. The highest BCUT2D eigenvalue weighted by Crippen LogP contribution is 2.34. The Kier molecular flexibility index (Phi) is 11.1. The molecule has 1 amide bonds. The average molecular weight is 596 g/mol. The number of nitrogens with two attached hydrogens (primary N) is 1. The fourth-order valence-electron chi connectivity index (χ4n) is 6.85. The van der Waals surface area contributed by atoms with Crippen molar-refractivity contribution in [2.24, 2.45) is 17.6 Å². The Labute approximate surface area is 257 Å². The summed E-state index contributed by atoms with van der Waals surface area (Å²) in [5.74, 6) is 0.688. The monoisotopic (exact) mass is 595 g/mol. The Morgan fingerprint density at radius 2 is 1.88 bits per heavy atom. The Balaban J connectivity index is 1.36. The molecule has 3 aliphatic rings. The molecule has 0 radical (unpaired) electrons. The third-order valence-corrected chi connectivity index (χ3v) is 9.93. The molecule has 5 rings (SSSR count). The van der Waals surface area contributed by atoms with Gasteiger partial charge in [-0.3, -0.25) is 19.7 Å². The van der Waals surface area contributed by atoms with Gasteiger partial charge in [-0.2, -0.15) is 5.10 Å². The van der Waals surface area contributed by atoms with Gasteiger partial charge < -0.3 is 25.4 Å². The molecule has 1 saturated carbocycles. The number of hydrogen-bond acceptors (Lipinski definition) is 8. The number of ether oxygens (including phenoxy) is 2. The van der Waals surface area contributed by atoms with Crippen LogP contribution in [-0.2, 0) is 16.0 Å². The van der Waals surface area contributed by atoms with Crippen molar-refractivity contribution in [2.45, 2.75) is 77.5 Å². The van der Waals surface area contributed by atoms with Crippen LogP contribution in [0.4, 0.5) is 5.69 Å². The summed E-state index contributed by atoms with van der Waals surface area (Å²) in [6, 6.07) is 5.38. The number of nitrogens with zero attached hydrogens (tertiary/aromatic N) is 4. The van der Waals surface area contributed by atoms with Gasteiger partial charge in [0.15, 0.2) is 0 Å². The summed E-state index contributed by atoms with van der Waals surface area (Å²) in [4.78, 5) is 18.7. The van der Waals surface area contributed by atoms with Crippen LogP contribution in [0.5, 0.6) is 0 Å². The van der Waals surface area contributed by atoms with Crippen molar-refractivity contribution >= 4 is 11.6 Å². The van der Waals surface area contributed by atoms with E-state index in [1.165, 1.54) is 0 Å². The largest absolute Gasteiger partial charge is 0.379 e. The van der Waals surface area contributed by atoms with Gasteiger partial charge in [0.25, 0.3) is 5.91 Å². The van der Waals surface area contributed by atoms with Crippen molar-refractivity contribution in [1.29, 1.82) is 0 Å². The number of hydrogen-bond donors (Lipinski definition) is 3. The van der Waals surface area contributed by atoms with E-state index in [0.29, 0.717) is 43.9 Å². The van der Waals surface area contributed by atoms with E-state index in [1.54, 1.807) is 0 Å². The number of carbonyl (C=O) groups excluding carboxylic acids is 1. The van der Waals surface area contributed by atoms with Crippen LogP contribution in [-0.4, -0.2) is 98.5 Å². The third kappa shape index (κ3) is 8.36. The molecule has 2 aliphatic heterocycles. The zero-order chi connectivity index (χ0) is 30.3. The molecule has 3 fully saturated rings. The van der Waals surface area contributed by atoms with Crippen molar-refractivity contribution in [3.05, 3.63) is 35.7 Å². The average Bonchev–Trinajstić information content (AvgIpc) is 3.48. The molecule has 0 bridgehead atoms. The van der Waals surface area contributed by atoms with E-state index < -0.39 is 0 Å². The van der Waals surface area contributed by atoms with Gasteiger partial charge >= 0.3 is 0 Å². The highest BCUT2D eigenvalue weighted by atomic mass is 16.5. The molecule has 2 saturated heterocycles. The summed E-state index contributed by atoms with van der Waals surface area (Å²) >= 11 is 0. The molecule has 3 heterocycles. The van der Waals surface area contributed by atoms with Gasteiger partial charge in [-0.1, -0.05) is 6.92 Å². The van der Waals surface area contributed by atoms with Crippen LogP contribution in [0.2, 0.25) is 0 Å². The lowest BCUT2D eigenvalue weighted by atomic mass is 9.88. The summed E-state index contributed by atoms with van der Waals surface area (Å²) in [5.41, 5.74) is 11.1. The maximum absolute atomic E-state index is 13.9. The Hall–Kier alpha value is -2.50. The SMILES string of the molecule is Cc1c(C(=O)NCC2COCNC(C)CC2C)cc(-c2cnn(CCN3CCOCC3)c2)cc1N(C)[C@H]1CC[C@@H](N)CC1. The molecular weight excluding hydrogens is 542 g/mol. The maximum atomic E-state index is 13.9. The first-order valence-electron chi connectivity index (χ1n) is 16.3. The molecule has 2 aromatic rings. The van der Waals surface area contributed by atoms with E-state index in [4.69, 9.17) is 15.2 Å². The van der Waals surface area contributed by atoms with E-state index in [0.717, 1.165) is 99.4 Å². The summed E-state index contributed by atoms with van der Waals surface area (Å²) < 4.78 is 13.4. The summed E-state index contributed by atoms with van der Waals surface area (Å²) in [5, 5.41) is 11.4. The normalized spacial score (nSPS) is 27.3. The first-order chi connectivity index (χ1) is 20.8. The van der Waals surface area contributed by atoms with Gasteiger partial charge in [0, 0.05) is 80.3 Å². The number of carbonyl (C=O) groups is 1. The lowest BCUT2D eigenvalue weighted by Gasteiger charge is -2.36. The fraction of sp³-hybridized carbons (Fsp3) is 0.697. The van der Waals surface area contributed by atoms with Crippen LogP contribution in [0.15, 0.2) is 24.5 Å². The van der Waals surface area contributed by atoms with Crippen LogP contribution < -0.4 is 21.3 Å². The number of amides is 1. The lowest BCUT2D eigenvalue weighted by molar-refractivity contribution is 0.0359. The Bertz CT molecular complexity index is 1190. The van der Waals surface area contributed by atoms with E-state index in [1.807, 2.05) is 16.9 Å². The number of morpholine rings is 1. The minimum atomic E-state index is -0.0280. The predicted molar refractivity (Wildman–Crippen MR) is 171 cm³/mol. The maximum Gasteiger partial charge on any atom is 0.251 e. The van der Waals surface area contributed by atoms with Gasteiger partial charge in [0.1, 0.15) is 0 Å². The van der Waals surface area contributed by atoms with Gasteiger partial charge in [-0.15, -0.1) is 0 Å². The van der Waals surface area contributed by atoms with Crippen molar-refractivity contribution in [1.82, 2.24) is 25.3 Å². The molecular formula is C33H53N7O3. The van der Waals surface area contributed by atoms with E-state index in [-0.39, 0.29) is 11.8 Å². The quantitative estimate of drug-likeness (QED) is 0.406. The second-order valence-corrected chi connectivity index (χ2v) is 13.1. The first-order valence-corrected chi connectivity index (χ1v) is 16.3. The van der Waals surface area contributed by atoms with Crippen LogP contribution >= 0.6 is 0 Å². The van der Waals surface area contributed by atoms with Crippen molar-refractivity contribution in [3.8, 4) is 11.1 Å². The molecule has 3 unspecified atom stereocenters. The van der Waals surface area contributed by atoms with Crippen LogP contribution in [0.1, 0.15) is 61.9 Å². The molecule has 10 heteroatoms. The second kappa shape index (κ2) is 15.0. The topological polar surface area (TPSA) is 110 Å². The molecule has 1 aliphatic carbocycles. The number of benzene rings is 1. The number of nitrogens with one attached hydrogen (secondary N) is 2. The van der Waals surface area contributed by atoms with Gasteiger partial charge in [-0.05, 0) is 75.1 Å². The molecule has 238 valence electrons. The van der Waals surface area contributed by atoms with Crippen LogP contribution in [0, 0.1) is 18.8 Å². The van der Waals surface area contributed by atoms with Gasteiger partial charge in [0.05, 0.1) is 39.3 Å². The minimum absolute atomic E-state index is 0.0280.